The monoisotopic (exact) mass is 376 g/mol. The number of ketones is 1. The molecule has 2 heterocycles. The summed E-state index contributed by atoms with van der Waals surface area (Å²) in [6.07, 6.45) is 5.60. The van der Waals surface area contributed by atoms with Crippen molar-refractivity contribution in [1.82, 2.24) is 9.55 Å². The Balaban J connectivity index is 1.42. The molecular weight excluding hydrogens is 352 g/mol. The molecule has 0 unspecified atom stereocenters. The molecule has 1 N–H and O–H groups in total. The lowest BCUT2D eigenvalue weighted by Crippen LogP contribution is -2.13. The van der Waals surface area contributed by atoms with Gasteiger partial charge in [0, 0.05) is 45.7 Å². The van der Waals surface area contributed by atoms with Gasteiger partial charge in [-0.15, -0.1) is 0 Å². The molecule has 0 atom stereocenters. The highest BCUT2D eigenvalue weighted by molar-refractivity contribution is 6.10. The van der Waals surface area contributed by atoms with Crippen LogP contribution < -0.4 is 0 Å². The number of hydrogen-bond donors (Lipinski definition) is 1. The maximum Gasteiger partial charge on any atom is 0.331 e. The van der Waals surface area contributed by atoms with Crippen LogP contribution >= 0.6 is 0 Å². The number of aromatic amines is 1. The summed E-state index contributed by atoms with van der Waals surface area (Å²) < 4.78 is 7.52. The third-order valence-electron chi connectivity index (χ3n) is 5.35. The number of fused-ring (bicyclic) bond motifs is 1. The minimum absolute atomic E-state index is 0.205. The van der Waals surface area contributed by atoms with Crippen molar-refractivity contribution in [2.45, 2.75) is 39.7 Å². The number of aromatic nitrogens is 2. The zero-order valence-corrected chi connectivity index (χ0v) is 16.4. The Hall–Kier alpha value is -3.08. The second kappa shape index (κ2) is 7.15. The lowest BCUT2D eigenvalue weighted by molar-refractivity contribution is -0.136. The molecular formula is C23H24N2O3. The Morgan fingerprint density at radius 1 is 1.21 bits per heavy atom. The highest BCUT2D eigenvalue weighted by Crippen LogP contribution is 2.38. The van der Waals surface area contributed by atoms with Gasteiger partial charge in [0.05, 0.1) is 0 Å². The second-order valence-electron chi connectivity index (χ2n) is 7.46. The zero-order valence-electron chi connectivity index (χ0n) is 16.4. The number of Topliss-reactive ketones (excluding diaryl/α,β-unsaturated/α-hetero) is 1. The van der Waals surface area contributed by atoms with E-state index in [0.717, 1.165) is 27.9 Å². The van der Waals surface area contributed by atoms with E-state index in [1.807, 2.05) is 31.2 Å². The number of carbonyl (C=O) groups is 2. The van der Waals surface area contributed by atoms with Gasteiger partial charge in [-0.2, -0.15) is 0 Å². The van der Waals surface area contributed by atoms with Crippen molar-refractivity contribution < 1.29 is 14.3 Å². The van der Waals surface area contributed by atoms with Crippen LogP contribution in [-0.2, 0) is 9.53 Å². The van der Waals surface area contributed by atoms with E-state index in [4.69, 9.17) is 4.74 Å². The third kappa shape index (κ3) is 3.40. The molecule has 1 saturated carbocycles. The molecule has 3 aromatic rings. The normalized spacial score (nSPS) is 14.1. The summed E-state index contributed by atoms with van der Waals surface area (Å²) in [5, 5.41) is 0.851. The predicted octanol–water partition coefficient (Wildman–Crippen LogP) is 4.67. The lowest BCUT2D eigenvalue weighted by Gasteiger charge is -2.06. The fourth-order valence-corrected chi connectivity index (χ4v) is 3.92. The number of benzene rings is 1. The summed E-state index contributed by atoms with van der Waals surface area (Å²) in [4.78, 5) is 27.9. The molecule has 1 aliphatic rings. The third-order valence-corrected chi connectivity index (χ3v) is 5.35. The number of rotatable bonds is 6. The van der Waals surface area contributed by atoms with Gasteiger partial charge in [-0.3, -0.25) is 4.79 Å². The van der Waals surface area contributed by atoms with E-state index in [0.29, 0.717) is 11.6 Å². The van der Waals surface area contributed by atoms with Crippen molar-refractivity contribution >= 4 is 28.7 Å². The number of nitrogens with zero attached hydrogens (tertiary/aromatic N) is 1. The molecule has 1 fully saturated rings. The zero-order chi connectivity index (χ0) is 19.8. The SMILES string of the molecule is Cc1[nH]c2ccccc2c1C(=O)COC(=O)/C=C/c1cc(C)n(C2CC2)c1C. The van der Waals surface area contributed by atoms with Crippen molar-refractivity contribution in [3.63, 3.8) is 0 Å². The van der Waals surface area contributed by atoms with Gasteiger partial charge in [0.1, 0.15) is 0 Å². The van der Waals surface area contributed by atoms with Gasteiger partial charge < -0.3 is 14.3 Å². The number of hydrogen-bond acceptors (Lipinski definition) is 3. The van der Waals surface area contributed by atoms with Crippen LogP contribution in [0.15, 0.2) is 36.4 Å². The summed E-state index contributed by atoms with van der Waals surface area (Å²) in [6, 6.07) is 10.3. The van der Waals surface area contributed by atoms with E-state index < -0.39 is 5.97 Å². The Labute approximate surface area is 164 Å². The molecule has 0 spiro atoms. The molecule has 1 aromatic carbocycles. The van der Waals surface area contributed by atoms with Crippen LogP contribution in [0.25, 0.3) is 17.0 Å². The highest BCUT2D eigenvalue weighted by atomic mass is 16.5. The maximum absolute atomic E-state index is 12.6. The Bertz CT molecular complexity index is 1100. The first-order valence-electron chi connectivity index (χ1n) is 9.59. The number of aryl methyl sites for hydroxylation is 2. The van der Waals surface area contributed by atoms with Gasteiger partial charge in [-0.1, -0.05) is 18.2 Å². The van der Waals surface area contributed by atoms with E-state index in [-0.39, 0.29) is 12.4 Å². The van der Waals surface area contributed by atoms with Gasteiger partial charge in [0.15, 0.2) is 6.61 Å². The number of carbonyl (C=O) groups excluding carboxylic acids is 2. The van der Waals surface area contributed by atoms with Crippen molar-refractivity contribution in [3.8, 4) is 0 Å². The van der Waals surface area contributed by atoms with E-state index in [1.54, 1.807) is 6.08 Å². The molecule has 1 aliphatic carbocycles. The van der Waals surface area contributed by atoms with Crippen molar-refractivity contribution in [1.29, 1.82) is 0 Å². The van der Waals surface area contributed by atoms with Crippen LogP contribution in [0, 0.1) is 20.8 Å². The average molecular weight is 376 g/mol. The fraction of sp³-hybridized carbons (Fsp3) is 0.304. The van der Waals surface area contributed by atoms with Gasteiger partial charge in [0.25, 0.3) is 0 Å². The largest absolute Gasteiger partial charge is 0.454 e. The van der Waals surface area contributed by atoms with Crippen LogP contribution in [0.1, 0.15) is 51.9 Å². The summed E-state index contributed by atoms with van der Waals surface area (Å²) in [6.45, 7) is 5.74. The Kier molecular flexibility index (Phi) is 4.67. The quantitative estimate of drug-likeness (QED) is 0.386. The second-order valence-corrected chi connectivity index (χ2v) is 7.46. The molecule has 5 heteroatoms. The van der Waals surface area contributed by atoms with Crippen molar-refractivity contribution in [3.05, 3.63) is 64.6 Å². The van der Waals surface area contributed by atoms with Crippen molar-refractivity contribution in [2.75, 3.05) is 6.61 Å². The van der Waals surface area contributed by atoms with Gasteiger partial charge >= 0.3 is 5.97 Å². The molecule has 0 bridgehead atoms. The highest BCUT2D eigenvalue weighted by Gasteiger charge is 2.26. The maximum atomic E-state index is 12.6. The number of ether oxygens (including phenoxy) is 1. The fourth-order valence-electron chi connectivity index (χ4n) is 3.92. The first kappa shape index (κ1) is 18.3. The van der Waals surface area contributed by atoms with Crippen molar-refractivity contribution in [2.24, 2.45) is 0 Å². The molecule has 0 saturated heterocycles. The molecule has 0 radical (unpaired) electrons. The summed E-state index contributed by atoms with van der Waals surface area (Å²) in [5.41, 5.74) is 5.65. The van der Waals surface area contributed by atoms with Gasteiger partial charge in [0.2, 0.25) is 5.78 Å². The Morgan fingerprint density at radius 2 is 1.96 bits per heavy atom. The molecule has 144 valence electrons. The van der Waals surface area contributed by atoms with Crippen LogP contribution in [0.5, 0.6) is 0 Å². The standard InChI is InChI=1S/C23H24N2O3/c1-14-12-17(16(3)25(14)18-9-10-18)8-11-22(27)28-13-21(26)23-15(2)24-20-7-5-4-6-19(20)23/h4-8,11-12,18,24H,9-10,13H2,1-3H3/b11-8+. The Morgan fingerprint density at radius 3 is 2.71 bits per heavy atom. The number of nitrogens with one attached hydrogen (secondary N) is 1. The van der Waals surface area contributed by atoms with Crippen LogP contribution in [-0.4, -0.2) is 27.9 Å². The van der Waals surface area contributed by atoms with E-state index >= 15 is 0 Å². The molecule has 0 amide bonds. The first-order chi connectivity index (χ1) is 13.5. The summed E-state index contributed by atoms with van der Waals surface area (Å²) >= 11 is 0. The number of esters is 1. The molecule has 4 rings (SSSR count). The average Bonchev–Trinajstić information content (AvgIpc) is 3.37. The number of H-pyrrole nitrogens is 1. The molecule has 5 nitrogen and oxygen atoms in total. The van der Waals surface area contributed by atoms with Gasteiger partial charge in [-0.25, -0.2) is 4.79 Å². The first-order valence-corrected chi connectivity index (χ1v) is 9.59. The minimum atomic E-state index is -0.512. The number of para-hydroxylation sites is 1. The van der Waals surface area contributed by atoms with Gasteiger partial charge in [-0.05, 0) is 57.4 Å². The molecule has 2 aromatic heterocycles. The topological polar surface area (TPSA) is 64.1 Å². The van der Waals surface area contributed by atoms with E-state index in [9.17, 15) is 9.59 Å². The van der Waals surface area contributed by atoms with Crippen LogP contribution in [0.2, 0.25) is 0 Å². The minimum Gasteiger partial charge on any atom is -0.454 e. The molecule has 0 aliphatic heterocycles. The predicted molar refractivity (Wildman–Crippen MR) is 110 cm³/mol. The summed E-state index contributed by atoms with van der Waals surface area (Å²) in [7, 11) is 0. The lowest BCUT2D eigenvalue weighted by atomic mass is 10.1. The van der Waals surface area contributed by atoms with E-state index in [2.05, 4.69) is 29.5 Å². The van der Waals surface area contributed by atoms with E-state index in [1.165, 1.54) is 24.6 Å². The summed E-state index contributed by atoms with van der Waals surface area (Å²) in [5.74, 6) is -0.717. The smallest absolute Gasteiger partial charge is 0.331 e. The van der Waals surface area contributed by atoms with Crippen LogP contribution in [0.4, 0.5) is 0 Å². The molecule has 28 heavy (non-hydrogen) atoms. The van der Waals surface area contributed by atoms with Crippen LogP contribution in [0.3, 0.4) is 0 Å².